The quantitative estimate of drug-likeness (QED) is 0.172. The van der Waals surface area contributed by atoms with Gasteiger partial charge in [-0.1, -0.05) is 164 Å². The van der Waals surface area contributed by atoms with Gasteiger partial charge in [0.2, 0.25) is 0 Å². The molecule has 8 aromatic carbocycles. The first-order valence-corrected chi connectivity index (χ1v) is 18.8. The molecule has 0 saturated carbocycles. The fourth-order valence-corrected chi connectivity index (χ4v) is 8.14. The standard InChI is InChI=1S/C51H32N4O/c1-4-16-33(17-5-1)36-22-12-23-37(32-36)50-52-49(35-20-8-3-9-21-35)53-51(54-50)41-27-15-31-45-47(41)40-26-14-30-44(48(40)56-45)55-42-28-11-10-24-39(42)46-38(25-13-29-43(46)55)34-18-6-2-7-19-34/h1-32H. The highest BCUT2D eigenvalue weighted by atomic mass is 16.3. The van der Waals surface area contributed by atoms with Crippen LogP contribution in [0.4, 0.5) is 0 Å². The Bertz CT molecular complexity index is 3240. The van der Waals surface area contributed by atoms with Crippen LogP contribution < -0.4 is 0 Å². The lowest BCUT2D eigenvalue weighted by Crippen LogP contribution is -2.00. The van der Waals surface area contributed by atoms with Crippen molar-refractivity contribution < 1.29 is 4.42 Å². The first kappa shape index (κ1) is 31.9. The summed E-state index contributed by atoms with van der Waals surface area (Å²) in [4.78, 5) is 15.4. The van der Waals surface area contributed by atoms with Crippen molar-refractivity contribution >= 4 is 43.7 Å². The number of fused-ring (bicyclic) bond motifs is 6. The summed E-state index contributed by atoms with van der Waals surface area (Å²) in [7, 11) is 0. The maximum Gasteiger partial charge on any atom is 0.164 e. The Morgan fingerprint density at radius 1 is 0.357 bits per heavy atom. The molecule has 3 heterocycles. The Labute approximate surface area is 322 Å². The van der Waals surface area contributed by atoms with Crippen LogP contribution >= 0.6 is 0 Å². The molecule has 56 heavy (non-hydrogen) atoms. The molecule has 262 valence electrons. The van der Waals surface area contributed by atoms with Crippen LogP contribution in [-0.2, 0) is 0 Å². The zero-order valence-corrected chi connectivity index (χ0v) is 30.2. The lowest BCUT2D eigenvalue weighted by atomic mass is 9.99. The molecule has 0 bridgehead atoms. The van der Waals surface area contributed by atoms with Gasteiger partial charge in [-0.3, -0.25) is 0 Å². The summed E-state index contributed by atoms with van der Waals surface area (Å²) in [6.45, 7) is 0. The first-order valence-electron chi connectivity index (χ1n) is 18.8. The molecular weight excluding hydrogens is 685 g/mol. The third-order valence-electron chi connectivity index (χ3n) is 10.7. The van der Waals surface area contributed by atoms with Crippen molar-refractivity contribution in [1.29, 1.82) is 0 Å². The van der Waals surface area contributed by atoms with E-state index in [1.54, 1.807) is 0 Å². The van der Waals surface area contributed by atoms with E-state index in [1.165, 1.54) is 21.9 Å². The first-order chi connectivity index (χ1) is 27.8. The van der Waals surface area contributed by atoms with Crippen molar-refractivity contribution in [3.05, 3.63) is 194 Å². The molecule has 0 aliphatic heterocycles. The van der Waals surface area contributed by atoms with Crippen LogP contribution in [0.2, 0.25) is 0 Å². The zero-order chi connectivity index (χ0) is 37.0. The highest BCUT2D eigenvalue weighted by Gasteiger charge is 2.22. The Morgan fingerprint density at radius 2 is 0.911 bits per heavy atom. The Kier molecular flexibility index (Phi) is 7.42. The largest absolute Gasteiger partial charge is 0.454 e. The van der Waals surface area contributed by atoms with E-state index < -0.39 is 0 Å². The molecule has 3 aromatic heterocycles. The molecule has 11 rings (SSSR count). The summed E-state index contributed by atoms with van der Waals surface area (Å²) < 4.78 is 9.23. The van der Waals surface area contributed by atoms with Gasteiger partial charge in [-0.05, 0) is 52.6 Å². The predicted molar refractivity (Wildman–Crippen MR) is 229 cm³/mol. The van der Waals surface area contributed by atoms with Crippen LogP contribution in [0.3, 0.4) is 0 Å². The van der Waals surface area contributed by atoms with Gasteiger partial charge in [0.1, 0.15) is 5.58 Å². The second-order valence-electron chi connectivity index (χ2n) is 14.0. The van der Waals surface area contributed by atoms with Gasteiger partial charge in [0.25, 0.3) is 0 Å². The molecule has 5 nitrogen and oxygen atoms in total. The number of benzene rings is 8. The van der Waals surface area contributed by atoms with Crippen LogP contribution in [0, 0.1) is 0 Å². The molecule has 0 fully saturated rings. The van der Waals surface area contributed by atoms with Gasteiger partial charge in [-0.25, -0.2) is 15.0 Å². The SMILES string of the molecule is c1ccc(-c2cccc(-c3nc(-c4ccccc4)nc(-c4cccc5oc6c(-n7c8ccccc8c8c(-c9ccccc9)cccc87)cccc6c45)n3)c2)cc1. The van der Waals surface area contributed by atoms with Crippen molar-refractivity contribution in [2.75, 3.05) is 0 Å². The smallest absolute Gasteiger partial charge is 0.164 e. The number of rotatable bonds is 6. The average molecular weight is 717 g/mol. The summed E-state index contributed by atoms with van der Waals surface area (Å²) in [5, 5.41) is 4.36. The van der Waals surface area contributed by atoms with E-state index in [9.17, 15) is 0 Å². The molecule has 0 amide bonds. The molecule has 0 aliphatic rings. The van der Waals surface area contributed by atoms with Gasteiger partial charge in [0, 0.05) is 38.2 Å². The van der Waals surface area contributed by atoms with E-state index in [1.807, 2.05) is 48.5 Å². The minimum absolute atomic E-state index is 0.585. The number of hydrogen-bond donors (Lipinski definition) is 0. The predicted octanol–water partition coefficient (Wildman–Crippen LogP) is 13.2. The van der Waals surface area contributed by atoms with Gasteiger partial charge < -0.3 is 8.98 Å². The number of nitrogens with zero attached hydrogens (tertiary/aromatic N) is 4. The minimum atomic E-state index is 0.585. The van der Waals surface area contributed by atoms with Gasteiger partial charge >= 0.3 is 0 Å². The molecule has 0 aliphatic carbocycles. The van der Waals surface area contributed by atoms with E-state index in [0.717, 1.165) is 66.5 Å². The van der Waals surface area contributed by atoms with Crippen LogP contribution in [-0.4, -0.2) is 19.5 Å². The summed E-state index contributed by atoms with van der Waals surface area (Å²) in [6.07, 6.45) is 0. The van der Waals surface area contributed by atoms with E-state index >= 15 is 0 Å². The molecule has 11 aromatic rings. The molecule has 0 radical (unpaired) electrons. The van der Waals surface area contributed by atoms with Crippen molar-refractivity contribution in [1.82, 2.24) is 19.5 Å². The maximum absolute atomic E-state index is 6.88. The van der Waals surface area contributed by atoms with Gasteiger partial charge in [-0.15, -0.1) is 0 Å². The minimum Gasteiger partial charge on any atom is -0.454 e. The topological polar surface area (TPSA) is 56.7 Å². The summed E-state index contributed by atoms with van der Waals surface area (Å²) in [5.74, 6) is 1.80. The molecule has 0 saturated heterocycles. The highest BCUT2D eigenvalue weighted by molar-refractivity contribution is 6.18. The molecule has 0 atom stereocenters. The van der Waals surface area contributed by atoms with Gasteiger partial charge in [0.15, 0.2) is 23.1 Å². The summed E-state index contributed by atoms with van der Waals surface area (Å²) in [6, 6.07) is 67.3. The van der Waals surface area contributed by atoms with E-state index in [0.29, 0.717) is 17.5 Å². The van der Waals surface area contributed by atoms with E-state index in [2.05, 4.69) is 150 Å². The van der Waals surface area contributed by atoms with Crippen molar-refractivity contribution in [3.8, 4) is 62.1 Å². The molecular formula is C51H32N4O. The summed E-state index contributed by atoms with van der Waals surface area (Å²) in [5.41, 5.74) is 12.1. The van der Waals surface area contributed by atoms with Crippen LogP contribution in [0.1, 0.15) is 0 Å². The van der Waals surface area contributed by atoms with E-state index in [4.69, 9.17) is 19.4 Å². The van der Waals surface area contributed by atoms with E-state index in [-0.39, 0.29) is 0 Å². The third-order valence-corrected chi connectivity index (χ3v) is 10.7. The lowest BCUT2D eigenvalue weighted by Gasteiger charge is -2.10. The number of hydrogen-bond acceptors (Lipinski definition) is 4. The molecule has 5 heteroatoms. The normalized spacial score (nSPS) is 11.6. The third kappa shape index (κ3) is 5.21. The Morgan fingerprint density at radius 3 is 1.71 bits per heavy atom. The van der Waals surface area contributed by atoms with Crippen molar-refractivity contribution in [2.45, 2.75) is 0 Å². The van der Waals surface area contributed by atoms with Gasteiger partial charge in [-0.2, -0.15) is 0 Å². The van der Waals surface area contributed by atoms with Gasteiger partial charge in [0.05, 0.1) is 16.7 Å². The maximum atomic E-state index is 6.88. The zero-order valence-electron chi connectivity index (χ0n) is 30.2. The Balaban J connectivity index is 1.14. The molecule has 0 N–H and O–H groups in total. The average Bonchev–Trinajstić information content (AvgIpc) is 3.83. The highest BCUT2D eigenvalue weighted by Crippen LogP contribution is 2.43. The monoisotopic (exact) mass is 716 g/mol. The number of para-hydroxylation sites is 2. The second-order valence-corrected chi connectivity index (χ2v) is 14.0. The number of aromatic nitrogens is 4. The van der Waals surface area contributed by atoms with Crippen LogP contribution in [0.5, 0.6) is 0 Å². The van der Waals surface area contributed by atoms with Crippen molar-refractivity contribution in [3.63, 3.8) is 0 Å². The fourth-order valence-electron chi connectivity index (χ4n) is 8.14. The molecule has 0 unspecified atom stereocenters. The fraction of sp³-hybridized carbons (Fsp3) is 0. The number of furan rings is 1. The summed E-state index contributed by atoms with van der Waals surface area (Å²) >= 11 is 0. The lowest BCUT2D eigenvalue weighted by molar-refractivity contribution is 0.666. The second kappa shape index (κ2) is 13.0. The molecule has 0 spiro atoms. The van der Waals surface area contributed by atoms with Crippen molar-refractivity contribution in [2.24, 2.45) is 0 Å². The van der Waals surface area contributed by atoms with Crippen LogP contribution in [0.15, 0.2) is 199 Å². The van der Waals surface area contributed by atoms with Crippen LogP contribution in [0.25, 0.3) is 106 Å². The Hall–Kier alpha value is -7.63.